The number of fused-ring (bicyclic) bond motifs is 7. The number of halogens is 1. The predicted molar refractivity (Wildman–Crippen MR) is 109 cm³/mol. The van der Waals surface area contributed by atoms with Gasteiger partial charge in [-0.3, -0.25) is 9.59 Å². The maximum absolute atomic E-state index is 17.1. The van der Waals surface area contributed by atoms with Gasteiger partial charge in [-0.1, -0.05) is 18.6 Å². The Bertz CT molecular complexity index is 925. The quantitative estimate of drug-likeness (QED) is 0.694. The minimum absolute atomic E-state index is 0.0109. The van der Waals surface area contributed by atoms with Gasteiger partial charge in [0.15, 0.2) is 28.6 Å². The van der Waals surface area contributed by atoms with Crippen LogP contribution in [0.3, 0.4) is 0 Å². The van der Waals surface area contributed by atoms with E-state index in [2.05, 4.69) is 0 Å². The zero-order valence-corrected chi connectivity index (χ0v) is 18.5. The van der Waals surface area contributed by atoms with Gasteiger partial charge in [-0.15, -0.1) is 0 Å². The first-order valence-corrected chi connectivity index (χ1v) is 11.2. The molecule has 0 aromatic rings. The van der Waals surface area contributed by atoms with Gasteiger partial charge in [-0.25, -0.2) is 4.39 Å². The number of ketones is 2. The Kier molecular flexibility index (Phi) is 4.24. The van der Waals surface area contributed by atoms with Crippen molar-refractivity contribution in [2.75, 3.05) is 6.61 Å². The van der Waals surface area contributed by atoms with Crippen LogP contribution in [0.25, 0.3) is 0 Å². The van der Waals surface area contributed by atoms with Crippen LogP contribution in [0.1, 0.15) is 53.4 Å². The molecule has 0 radical (unpaired) electrons. The van der Waals surface area contributed by atoms with Crippen molar-refractivity contribution in [1.29, 1.82) is 0 Å². The van der Waals surface area contributed by atoms with E-state index in [0.717, 1.165) is 5.57 Å². The Morgan fingerprint density at radius 1 is 1.26 bits per heavy atom. The first-order valence-electron chi connectivity index (χ1n) is 11.2. The van der Waals surface area contributed by atoms with Crippen LogP contribution in [0, 0.1) is 22.7 Å². The summed E-state index contributed by atoms with van der Waals surface area (Å²) in [4.78, 5) is 25.1. The highest BCUT2D eigenvalue weighted by atomic mass is 19.1. The second-order valence-corrected chi connectivity index (χ2v) is 10.9. The Morgan fingerprint density at radius 2 is 1.97 bits per heavy atom. The van der Waals surface area contributed by atoms with Gasteiger partial charge < -0.3 is 19.7 Å². The first-order chi connectivity index (χ1) is 14.4. The van der Waals surface area contributed by atoms with Gasteiger partial charge in [-0.2, -0.15) is 0 Å². The molecule has 8 atom stereocenters. The molecule has 2 N–H and O–H groups in total. The molecule has 0 unspecified atom stereocenters. The average Bonchev–Trinajstić information content (AvgIpc) is 3.09. The molecule has 31 heavy (non-hydrogen) atoms. The minimum atomic E-state index is -1.98. The third-order valence-electron chi connectivity index (χ3n) is 9.19. The number of ether oxygens (including phenoxy) is 2. The molecule has 0 amide bonds. The molecule has 5 aliphatic rings. The predicted octanol–water partition coefficient (Wildman–Crippen LogP) is 2.42. The van der Waals surface area contributed by atoms with E-state index in [1.807, 2.05) is 6.92 Å². The Hall–Kier alpha value is -1.41. The summed E-state index contributed by atoms with van der Waals surface area (Å²) in [5.74, 6) is -2.46. The molecule has 0 spiro atoms. The van der Waals surface area contributed by atoms with Crippen LogP contribution in [0.4, 0.5) is 4.39 Å². The monoisotopic (exact) mass is 434 g/mol. The summed E-state index contributed by atoms with van der Waals surface area (Å²) in [6.07, 6.45) is 4.00. The van der Waals surface area contributed by atoms with Crippen LogP contribution in [0.2, 0.25) is 0 Å². The van der Waals surface area contributed by atoms with Crippen LogP contribution in [0.5, 0.6) is 0 Å². The topological polar surface area (TPSA) is 93.1 Å². The molecule has 0 aromatic carbocycles. The van der Waals surface area contributed by atoms with Gasteiger partial charge in [0.25, 0.3) is 0 Å². The molecule has 7 heteroatoms. The maximum Gasteiger partial charge on any atom is 0.193 e. The van der Waals surface area contributed by atoms with Crippen LogP contribution >= 0.6 is 0 Å². The summed E-state index contributed by atoms with van der Waals surface area (Å²) in [7, 11) is 0. The zero-order valence-electron chi connectivity index (χ0n) is 18.5. The molecule has 1 heterocycles. The second-order valence-electron chi connectivity index (χ2n) is 10.9. The van der Waals surface area contributed by atoms with Gasteiger partial charge in [0.1, 0.15) is 6.61 Å². The fourth-order valence-corrected chi connectivity index (χ4v) is 7.93. The average molecular weight is 435 g/mol. The fourth-order valence-electron chi connectivity index (χ4n) is 7.93. The van der Waals surface area contributed by atoms with Gasteiger partial charge in [0.05, 0.1) is 12.2 Å². The molecule has 6 nitrogen and oxygen atoms in total. The number of carbonyl (C=O) groups is 2. The molecule has 3 saturated carbocycles. The van der Waals surface area contributed by atoms with E-state index >= 15 is 4.39 Å². The Morgan fingerprint density at radius 3 is 2.65 bits per heavy atom. The van der Waals surface area contributed by atoms with Crippen molar-refractivity contribution in [3.63, 3.8) is 0 Å². The zero-order chi connectivity index (χ0) is 22.6. The Balaban J connectivity index is 1.64. The highest BCUT2D eigenvalue weighted by Gasteiger charge is 2.79. The molecule has 5 rings (SSSR count). The van der Waals surface area contributed by atoms with E-state index in [9.17, 15) is 19.8 Å². The molecule has 1 aliphatic heterocycles. The van der Waals surface area contributed by atoms with E-state index in [4.69, 9.17) is 9.47 Å². The van der Waals surface area contributed by atoms with Crippen LogP contribution in [-0.4, -0.2) is 57.7 Å². The van der Waals surface area contributed by atoms with Gasteiger partial charge >= 0.3 is 0 Å². The number of hydrogen-bond donors (Lipinski definition) is 2. The third-order valence-corrected chi connectivity index (χ3v) is 9.19. The summed E-state index contributed by atoms with van der Waals surface area (Å²) in [5.41, 5.74) is -4.66. The van der Waals surface area contributed by atoms with Crippen molar-refractivity contribution >= 4 is 11.6 Å². The molecule has 4 aliphatic carbocycles. The van der Waals surface area contributed by atoms with Crippen molar-refractivity contribution in [3.05, 3.63) is 23.8 Å². The normalized spacial score (nSPS) is 52.1. The van der Waals surface area contributed by atoms with Gasteiger partial charge in [-0.05, 0) is 64.5 Å². The molecular weight excluding hydrogens is 403 g/mol. The number of aliphatic hydroxyl groups is 2. The Labute approximate surface area is 181 Å². The molecule has 0 bridgehead atoms. The second kappa shape index (κ2) is 6.13. The summed E-state index contributed by atoms with van der Waals surface area (Å²) < 4.78 is 29.5. The number of hydrogen-bond acceptors (Lipinski definition) is 6. The summed E-state index contributed by atoms with van der Waals surface area (Å²) in [6.45, 7) is 6.41. The number of carbonyl (C=O) groups excluding carboxylic acids is 2. The number of alkyl halides is 1. The largest absolute Gasteiger partial charge is 0.390 e. The summed E-state index contributed by atoms with van der Waals surface area (Å²) in [5, 5.41) is 21.2. The minimum Gasteiger partial charge on any atom is -0.390 e. The van der Waals surface area contributed by atoms with Crippen LogP contribution < -0.4 is 0 Å². The lowest BCUT2D eigenvalue weighted by Gasteiger charge is -2.62. The molecular formula is C24H31FO6. The number of Topliss-reactive ketones (excluding diaryl/α,β-unsaturated/α-hetero) is 1. The van der Waals surface area contributed by atoms with Crippen molar-refractivity contribution < 1.29 is 33.7 Å². The van der Waals surface area contributed by atoms with Gasteiger partial charge in [0.2, 0.25) is 0 Å². The number of aliphatic hydroxyl groups excluding tert-OH is 2. The van der Waals surface area contributed by atoms with E-state index < -0.39 is 58.4 Å². The standard InChI is InChI=1S/C24H31FO6/c1-20(2)30-19-10-16-15-6-5-13-9-14(27)7-8-21(13,3)23(15,25)17(28)11-22(16,4)24(19,31-20)18(29)12-26/h7-9,15-17,19,26,28H,5-6,10-12H2,1-4H3/t15-,16-,17+,19+,21+,22+,23-,24+/m1/s1. The summed E-state index contributed by atoms with van der Waals surface area (Å²) >= 11 is 0. The van der Waals surface area contributed by atoms with Gasteiger partial charge in [0, 0.05) is 16.7 Å². The van der Waals surface area contributed by atoms with E-state index in [0.29, 0.717) is 19.3 Å². The molecule has 0 aromatic heterocycles. The summed E-state index contributed by atoms with van der Waals surface area (Å²) in [6, 6.07) is 0. The smallest absolute Gasteiger partial charge is 0.193 e. The third kappa shape index (κ3) is 2.31. The lowest BCUT2D eigenvalue weighted by Crippen LogP contribution is -2.70. The van der Waals surface area contributed by atoms with Crippen LogP contribution in [0.15, 0.2) is 23.8 Å². The van der Waals surface area contributed by atoms with Crippen molar-refractivity contribution in [2.45, 2.75) is 82.6 Å². The van der Waals surface area contributed by atoms with E-state index in [1.165, 1.54) is 12.2 Å². The lowest BCUT2D eigenvalue weighted by molar-refractivity contribution is -0.246. The first kappa shape index (κ1) is 21.4. The highest BCUT2D eigenvalue weighted by Crippen LogP contribution is 2.72. The number of allylic oxidation sites excluding steroid dienone is 4. The highest BCUT2D eigenvalue weighted by molar-refractivity contribution is 6.01. The fraction of sp³-hybridized carbons (Fsp3) is 0.750. The van der Waals surface area contributed by atoms with Crippen molar-refractivity contribution in [3.8, 4) is 0 Å². The number of rotatable bonds is 2. The van der Waals surface area contributed by atoms with E-state index in [-0.39, 0.29) is 18.1 Å². The lowest BCUT2D eigenvalue weighted by atomic mass is 9.44. The van der Waals surface area contributed by atoms with Crippen molar-refractivity contribution in [1.82, 2.24) is 0 Å². The molecule has 1 saturated heterocycles. The SMILES string of the molecule is CC1(C)O[C@H]2C[C@@H]3[C@H]4CCC5=CC(=O)C=C[C@]5(C)[C@]4(F)[C@@H](O)C[C@]3(C)[C@@]2(C(=O)CO)O1. The van der Waals surface area contributed by atoms with E-state index in [1.54, 1.807) is 26.8 Å². The molecule has 170 valence electrons. The maximum atomic E-state index is 17.1. The van der Waals surface area contributed by atoms with Crippen molar-refractivity contribution in [2.24, 2.45) is 22.7 Å². The van der Waals surface area contributed by atoms with Crippen LogP contribution in [-0.2, 0) is 19.1 Å². The molecule has 4 fully saturated rings.